The van der Waals surface area contributed by atoms with Gasteiger partial charge in [0.25, 0.3) is 5.91 Å². The summed E-state index contributed by atoms with van der Waals surface area (Å²) in [5.74, 6) is 0.938. The summed E-state index contributed by atoms with van der Waals surface area (Å²) in [6, 6.07) is 4.09. The second-order valence-electron chi connectivity index (χ2n) is 5.92. The van der Waals surface area contributed by atoms with Crippen molar-refractivity contribution in [2.24, 2.45) is 0 Å². The Hall–Kier alpha value is -1.62. The highest BCUT2D eigenvalue weighted by Gasteiger charge is 2.29. The number of likely N-dealkylation sites (tertiary alicyclic amines) is 1. The van der Waals surface area contributed by atoms with E-state index in [0.717, 1.165) is 44.7 Å². The molecule has 1 amide bonds. The van der Waals surface area contributed by atoms with Gasteiger partial charge in [-0.2, -0.15) is 0 Å². The van der Waals surface area contributed by atoms with E-state index in [1.54, 1.807) is 6.20 Å². The van der Waals surface area contributed by atoms with Crippen LogP contribution < -0.4 is 5.32 Å². The Morgan fingerprint density at radius 1 is 1.48 bits per heavy atom. The van der Waals surface area contributed by atoms with Crippen molar-refractivity contribution in [3.05, 3.63) is 23.9 Å². The zero-order valence-electron chi connectivity index (χ0n) is 13.3. The molecule has 5 heteroatoms. The molecule has 116 valence electrons. The number of nitrogens with one attached hydrogen (secondary N) is 1. The third-order valence-electron chi connectivity index (χ3n) is 3.78. The first kappa shape index (κ1) is 15.8. The van der Waals surface area contributed by atoms with E-state index >= 15 is 0 Å². The molecule has 1 aromatic heterocycles. The van der Waals surface area contributed by atoms with Crippen molar-refractivity contribution < 1.29 is 4.79 Å². The maximum atomic E-state index is 12.6. The Kier molecular flexibility index (Phi) is 5.56. The maximum Gasteiger partial charge on any atom is 0.255 e. The average Bonchev–Trinajstić information content (AvgIpc) is 2.92. The van der Waals surface area contributed by atoms with Crippen LogP contribution in [0.5, 0.6) is 0 Å². The Morgan fingerprint density at radius 3 is 2.90 bits per heavy atom. The second-order valence-corrected chi connectivity index (χ2v) is 5.92. The molecule has 21 heavy (non-hydrogen) atoms. The van der Waals surface area contributed by atoms with Crippen molar-refractivity contribution in [2.75, 3.05) is 39.0 Å². The third kappa shape index (κ3) is 4.17. The lowest BCUT2D eigenvalue weighted by Gasteiger charge is -2.27. The van der Waals surface area contributed by atoms with Crippen LogP contribution in [-0.4, -0.2) is 60.5 Å². The number of amides is 1. The number of carbonyl (C=O) groups is 1. The Labute approximate surface area is 127 Å². The van der Waals surface area contributed by atoms with Crippen LogP contribution in [0.4, 0.5) is 5.82 Å². The molecule has 0 radical (unpaired) electrons. The lowest BCUT2D eigenvalue weighted by Crippen LogP contribution is -2.41. The lowest BCUT2D eigenvalue weighted by atomic mass is 10.2. The molecule has 0 bridgehead atoms. The molecule has 1 aliphatic heterocycles. The van der Waals surface area contributed by atoms with Crippen LogP contribution >= 0.6 is 0 Å². The van der Waals surface area contributed by atoms with E-state index in [9.17, 15) is 4.79 Å². The molecule has 1 saturated heterocycles. The second kappa shape index (κ2) is 7.41. The summed E-state index contributed by atoms with van der Waals surface area (Å²) in [5, 5.41) is 3.22. The number of pyridine rings is 1. The normalized spacial score (nSPS) is 18.3. The van der Waals surface area contributed by atoms with Crippen LogP contribution in [0.3, 0.4) is 0 Å². The number of carbonyl (C=O) groups excluding carboxylic acids is 1. The number of nitrogens with zero attached hydrogens (tertiary/aromatic N) is 3. The first-order valence-electron chi connectivity index (χ1n) is 7.77. The Balaban J connectivity index is 2.01. The molecule has 1 unspecified atom stereocenters. The average molecular weight is 290 g/mol. The van der Waals surface area contributed by atoms with Crippen molar-refractivity contribution in [1.82, 2.24) is 14.8 Å². The van der Waals surface area contributed by atoms with Gasteiger partial charge < -0.3 is 15.1 Å². The summed E-state index contributed by atoms with van der Waals surface area (Å²) in [6.07, 6.45) is 4.93. The fourth-order valence-corrected chi connectivity index (χ4v) is 2.76. The zero-order chi connectivity index (χ0) is 15.2. The minimum atomic E-state index is 0.105. The quantitative estimate of drug-likeness (QED) is 0.871. The molecular formula is C16H26N4O. The van der Waals surface area contributed by atoms with Crippen molar-refractivity contribution >= 4 is 11.7 Å². The number of hydrogen-bond donors (Lipinski definition) is 1. The summed E-state index contributed by atoms with van der Waals surface area (Å²) in [4.78, 5) is 21.1. The van der Waals surface area contributed by atoms with Gasteiger partial charge in [-0.1, -0.05) is 6.92 Å². The molecule has 0 aromatic carbocycles. The third-order valence-corrected chi connectivity index (χ3v) is 3.78. The van der Waals surface area contributed by atoms with E-state index in [2.05, 4.69) is 36.2 Å². The maximum absolute atomic E-state index is 12.6. The molecule has 2 heterocycles. The van der Waals surface area contributed by atoms with Gasteiger partial charge in [0.05, 0.1) is 5.56 Å². The highest BCUT2D eigenvalue weighted by Crippen LogP contribution is 2.20. The van der Waals surface area contributed by atoms with Crippen LogP contribution in [0.15, 0.2) is 18.3 Å². The molecule has 0 saturated carbocycles. The summed E-state index contributed by atoms with van der Waals surface area (Å²) >= 11 is 0. The highest BCUT2D eigenvalue weighted by molar-refractivity contribution is 5.94. The minimum Gasteiger partial charge on any atom is -0.370 e. The van der Waals surface area contributed by atoms with Gasteiger partial charge in [0.2, 0.25) is 0 Å². The van der Waals surface area contributed by atoms with Gasteiger partial charge in [0.15, 0.2) is 0 Å². The molecular weight excluding hydrogens is 264 g/mol. The predicted molar refractivity (Wildman–Crippen MR) is 85.6 cm³/mol. The van der Waals surface area contributed by atoms with Gasteiger partial charge in [-0.25, -0.2) is 4.98 Å². The van der Waals surface area contributed by atoms with Crippen LogP contribution in [0.2, 0.25) is 0 Å². The summed E-state index contributed by atoms with van der Waals surface area (Å²) < 4.78 is 0. The lowest BCUT2D eigenvalue weighted by molar-refractivity contribution is 0.0716. The molecule has 1 aliphatic rings. The molecule has 5 nitrogen and oxygen atoms in total. The summed E-state index contributed by atoms with van der Waals surface area (Å²) in [6.45, 7) is 4.79. The SMILES string of the molecule is CCCNc1ccc(C(=O)N2CCCC2CN(C)C)cn1. The molecule has 1 fully saturated rings. The smallest absolute Gasteiger partial charge is 0.255 e. The topological polar surface area (TPSA) is 48.5 Å². The van der Waals surface area contributed by atoms with Crippen molar-refractivity contribution in [1.29, 1.82) is 0 Å². The Bertz CT molecular complexity index is 458. The van der Waals surface area contributed by atoms with Crippen molar-refractivity contribution in [3.63, 3.8) is 0 Å². The largest absolute Gasteiger partial charge is 0.370 e. The van der Waals surface area contributed by atoms with Gasteiger partial charge in [-0.3, -0.25) is 4.79 Å². The van der Waals surface area contributed by atoms with E-state index in [-0.39, 0.29) is 5.91 Å². The van der Waals surface area contributed by atoms with Gasteiger partial charge >= 0.3 is 0 Å². The van der Waals surface area contributed by atoms with E-state index < -0.39 is 0 Å². The van der Waals surface area contributed by atoms with Crippen LogP contribution in [0, 0.1) is 0 Å². The summed E-state index contributed by atoms with van der Waals surface area (Å²) in [7, 11) is 4.10. The number of anilines is 1. The fraction of sp³-hybridized carbons (Fsp3) is 0.625. The number of aromatic nitrogens is 1. The van der Waals surface area contributed by atoms with E-state index in [4.69, 9.17) is 0 Å². The molecule has 1 aromatic rings. The molecule has 0 aliphatic carbocycles. The standard InChI is InChI=1S/C16H26N4O/c1-4-9-17-15-8-7-13(11-18-15)16(21)20-10-5-6-14(20)12-19(2)3/h7-8,11,14H,4-6,9-10,12H2,1-3H3,(H,17,18). The predicted octanol–water partition coefficient (Wildman–Crippen LogP) is 2.07. The molecule has 0 spiro atoms. The van der Waals surface area contributed by atoms with Crippen LogP contribution in [-0.2, 0) is 0 Å². The first-order valence-corrected chi connectivity index (χ1v) is 7.77. The molecule has 1 atom stereocenters. The number of likely N-dealkylation sites (N-methyl/N-ethyl adjacent to an activating group) is 1. The summed E-state index contributed by atoms with van der Waals surface area (Å²) in [5.41, 5.74) is 0.683. The van der Waals surface area contributed by atoms with Crippen molar-refractivity contribution in [2.45, 2.75) is 32.2 Å². The van der Waals surface area contributed by atoms with Gasteiger partial charge in [-0.05, 0) is 45.5 Å². The Morgan fingerprint density at radius 2 is 2.29 bits per heavy atom. The molecule has 2 rings (SSSR count). The highest BCUT2D eigenvalue weighted by atomic mass is 16.2. The van der Waals surface area contributed by atoms with E-state index in [1.807, 2.05) is 17.0 Å². The van der Waals surface area contributed by atoms with Gasteiger partial charge in [0, 0.05) is 31.9 Å². The fourth-order valence-electron chi connectivity index (χ4n) is 2.76. The van der Waals surface area contributed by atoms with Crippen molar-refractivity contribution in [3.8, 4) is 0 Å². The monoisotopic (exact) mass is 290 g/mol. The van der Waals surface area contributed by atoms with Gasteiger partial charge in [-0.15, -0.1) is 0 Å². The van der Waals surface area contributed by atoms with E-state index in [1.165, 1.54) is 0 Å². The molecule has 1 N–H and O–H groups in total. The van der Waals surface area contributed by atoms with Crippen LogP contribution in [0.25, 0.3) is 0 Å². The zero-order valence-corrected chi connectivity index (χ0v) is 13.3. The number of rotatable bonds is 6. The van der Waals surface area contributed by atoms with Crippen LogP contribution in [0.1, 0.15) is 36.5 Å². The number of hydrogen-bond acceptors (Lipinski definition) is 4. The van der Waals surface area contributed by atoms with Gasteiger partial charge in [0.1, 0.15) is 5.82 Å². The first-order chi connectivity index (χ1) is 10.1. The minimum absolute atomic E-state index is 0.105. The van der Waals surface area contributed by atoms with E-state index in [0.29, 0.717) is 11.6 Å².